The molecule has 0 aliphatic carbocycles. The molecule has 2 aliphatic rings. The van der Waals surface area contributed by atoms with Crippen molar-refractivity contribution >= 4 is 33.0 Å². The zero-order valence-corrected chi connectivity index (χ0v) is 14.0. The maximum absolute atomic E-state index is 12.5. The highest BCUT2D eigenvalue weighted by molar-refractivity contribution is 7.92. The molecule has 1 amide bonds. The lowest BCUT2D eigenvalue weighted by molar-refractivity contribution is -0.132. The van der Waals surface area contributed by atoms with E-state index in [1.54, 1.807) is 4.90 Å². The van der Waals surface area contributed by atoms with Crippen LogP contribution >= 0.6 is 12.2 Å². The fraction of sp³-hybridized carbons (Fsp3) is 0.846. The number of rotatable bonds is 3. The third kappa shape index (κ3) is 3.73. The van der Waals surface area contributed by atoms with Crippen molar-refractivity contribution in [2.24, 2.45) is 5.73 Å². The summed E-state index contributed by atoms with van der Waals surface area (Å²) in [5, 5.41) is -0.828. The lowest BCUT2D eigenvalue weighted by Crippen LogP contribution is -2.56. The van der Waals surface area contributed by atoms with Crippen LogP contribution in [0.15, 0.2) is 0 Å². The molecule has 6 nitrogen and oxygen atoms in total. The molecule has 120 valence electrons. The van der Waals surface area contributed by atoms with Crippen LogP contribution in [-0.4, -0.2) is 72.3 Å². The maximum atomic E-state index is 12.5. The van der Waals surface area contributed by atoms with Gasteiger partial charge in [-0.25, -0.2) is 8.42 Å². The Bertz CT molecular complexity index is 513. The van der Waals surface area contributed by atoms with E-state index in [-0.39, 0.29) is 17.7 Å². The molecular weight excluding hydrogens is 310 g/mol. The lowest BCUT2D eigenvalue weighted by Gasteiger charge is -2.39. The number of hydrogen-bond donors (Lipinski definition) is 1. The SMILES string of the molecule is CC(C(N)=S)N1CCN(C(=O)C2CCCCS2(=O)=O)CC1. The van der Waals surface area contributed by atoms with E-state index in [2.05, 4.69) is 4.90 Å². The van der Waals surface area contributed by atoms with Crippen molar-refractivity contribution in [3.8, 4) is 0 Å². The first-order chi connectivity index (χ1) is 9.83. The van der Waals surface area contributed by atoms with Gasteiger partial charge in [0.25, 0.3) is 0 Å². The highest BCUT2D eigenvalue weighted by Gasteiger charge is 2.38. The monoisotopic (exact) mass is 333 g/mol. The molecule has 2 unspecified atom stereocenters. The van der Waals surface area contributed by atoms with E-state index < -0.39 is 15.1 Å². The predicted molar refractivity (Wildman–Crippen MR) is 85.8 cm³/mol. The quantitative estimate of drug-likeness (QED) is 0.719. The highest BCUT2D eigenvalue weighted by Crippen LogP contribution is 2.22. The molecule has 0 aromatic carbocycles. The largest absolute Gasteiger partial charge is 0.392 e. The molecule has 0 aromatic heterocycles. The van der Waals surface area contributed by atoms with E-state index in [1.807, 2.05) is 6.92 Å². The molecule has 0 saturated carbocycles. The average molecular weight is 333 g/mol. The summed E-state index contributed by atoms with van der Waals surface area (Å²) in [6.45, 7) is 4.38. The Labute approximate surface area is 131 Å². The second-order valence-corrected chi connectivity index (χ2v) is 8.57. The topological polar surface area (TPSA) is 83.7 Å². The fourth-order valence-electron chi connectivity index (χ4n) is 2.95. The first kappa shape index (κ1) is 16.6. The Hall–Kier alpha value is -0.730. The standard InChI is InChI=1S/C13H23N3O3S2/c1-10(12(14)20)15-5-7-16(8-6-15)13(17)11-4-2-3-9-21(11,18)19/h10-11H,2-9H2,1H3,(H2,14,20). The van der Waals surface area contributed by atoms with Crippen molar-refractivity contribution in [3.63, 3.8) is 0 Å². The molecule has 0 bridgehead atoms. The average Bonchev–Trinajstić information content (AvgIpc) is 2.45. The number of sulfone groups is 1. The molecule has 8 heteroatoms. The molecule has 2 atom stereocenters. The second-order valence-electron chi connectivity index (χ2n) is 5.79. The van der Waals surface area contributed by atoms with Gasteiger partial charge < -0.3 is 10.6 Å². The van der Waals surface area contributed by atoms with Crippen LogP contribution in [0.5, 0.6) is 0 Å². The third-order valence-corrected chi connectivity index (χ3v) is 6.94. The van der Waals surface area contributed by atoms with Crippen molar-refractivity contribution in [3.05, 3.63) is 0 Å². The first-order valence-corrected chi connectivity index (χ1v) is 9.49. The fourth-order valence-corrected chi connectivity index (χ4v) is 4.97. The van der Waals surface area contributed by atoms with Crippen molar-refractivity contribution < 1.29 is 13.2 Å². The van der Waals surface area contributed by atoms with Gasteiger partial charge in [-0.15, -0.1) is 0 Å². The number of amides is 1. The first-order valence-electron chi connectivity index (χ1n) is 7.36. The Morgan fingerprint density at radius 3 is 2.38 bits per heavy atom. The van der Waals surface area contributed by atoms with E-state index in [0.29, 0.717) is 44.0 Å². The van der Waals surface area contributed by atoms with Gasteiger partial charge in [-0.2, -0.15) is 0 Å². The van der Waals surface area contributed by atoms with Crippen LogP contribution in [0.3, 0.4) is 0 Å². The summed E-state index contributed by atoms with van der Waals surface area (Å²) in [5.41, 5.74) is 5.64. The van der Waals surface area contributed by atoms with Gasteiger partial charge >= 0.3 is 0 Å². The molecule has 0 aromatic rings. The number of carbonyl (C=O) groups excluding carboxylic acids is 1. The molecular formula is C13H23N3O3S2. The minimum atomic E-state index is -3.26. The molecule has 2 saturated heterocycles. The van der Waals surface area contributed by atoms with Crippen LogP contribution in [-0.2, 0) is 14.6 Å². The summed E-state index contributed by atoms with van der Waals surface area (Å²) < 4.78 is 24.1. The summed E-state index contributed by atoms with van der Waals surface area (Å²) >= 11 is 4.99. The van der Waals surface area contributed by atoms with Crippen LogP contribution in [0.25, 0.3) is 0 Å². The smallest absolute Gasteiger partial charge is 0.240 e. The number of hydrogen-bond acceptors (Lipinski definition) is 5. The summed E-state index contributed by atoms with van der Waals surface area (Å²) in [7, 11) is -3.26. The van der Waals surface area contributed by atoms with Crippen LogP contribution in [0.1, 0.15) is 26.2 Å². The Balaban J connectivity index is 1.96. The van der Waals surface area contributed by atoms with Gasteiger partial charge in [0.1, 0.15) is 5.25 Å². The van der Waals surface area contributed by atoms with Gasteiger partial charge in [0.15, 0.2) is 9.84 Å². The van der Waals surface area contributed by atoms with Crippen molar-refractivity contribution in [1.82, 2.24) is 9.80 Å². The number of carbonyl (C=O) groups is 1. The molecule has 21 heavy (non-hydrogen) atoms. The highest BCUT2D eigenvalue weighted by atomic mass is 32.2. The number of nitrogens with two attached hydrogens (primary N) is 1. The molecule has 2 N–H and O–H groups in total. The van der Waals surface area contributed by atoms with Gasteiger partial charge in [0, 0.05) is 26.2 Å². The van der Waals surface area contributed by atoms with E-state index >= 15 is 0 Å². The zero-order chi connectivity index (χ0) is 15.6. The Morgan fingerprint density at radius 1 is 1.24 bits per heavy atom. The van der Waals surface area contributed by atoms with Crippen molar-refractivity contribution in [2.45, 2.75) is 37.5 Å². The summed E-state index contributed by atoms with van der Waals surface area (Å²) in [4.78, 5) is 16.7. The van der Waals surface area contributed by atoms with Gasteiger partial charge in [-0.1, -0.05) is 18.6 Å². The van der Waals surface area contributed by atoms with Gasteiger partial charge in [0.05, 0.1) is 16.8 Å². The Kier molecular flexibility index (Phi) is 5.21. The van der Waals surface area contributed by atoms with Crippen LogP contribution in [0.4, 0.5) is 0 Å². The number of nitrogens with zero attached hydrogens (tertiary/aromatic N) is 2. The van der Waals surface area contributed by atoms with E-state index in [1.165, 1.54) is 0 Å². The zero-order valence-electron chi connectivity index (χ0n) is 12.3. The molecule has 2 rings (SSSR count). The van der Waals surface area contributed by atoms with Gasteiger partial charge in [0.2, 0.25) is 5.91 Å². The molecule has 2 heterocycles. The van der Waals surface area contributed by atoms with E-state index in [0.717, 1.165) is 6.42 Å². The van der Waals surface area contributed by atoms with E-state index in [9.17, 15) is 13.2 Å². The van der Waals surface area contributed by atoms with Gasteiger partial charge in [-0.05, 0) is 19.8 Å². The van der Waals surface area contributed by atoms with Crippen LogP contribution < -0.4 is 5.73 Å². The normalized spacial score (nSPS) is 28.0. The summed E-state index contributed by atoms with van der Waals surface area (Å²) in [6, 6.07) is 0.00988. The minimum Gasteiger partial charge on any atom is -0.392 e. The lowest BCUT2D eigenvalue weighted by atomic mass is 10.1. The van der Waals surface area contributed by atoms with Crippen molar-refractivity contribution in [2.75, 3.05) is 31.9 Å². The maximum Gasteiger partial charge on any atom is 0.240 e. The minimum absolute atomic E-state index is 0.00988. The third-order valence-electron chi connectivity index (χ3n) is 4.44. The number of piperazine rings is 1. The molecule has 0 spiro atoms. The molecule has 2 fully saturated rings. The van der Waals surface area contributed by atoms with Crippen LogP contribution in [0.2, 0.25) is 0 Å². The summed E-state index contributed by atoms with van der Waals surface area (Å²) in [6.07, 6.45) is 1.95. The van der Waals surface area contributed by atoms with Gasteiger partial charge in [-0.3, -0.25) is 9.69 Å². The number of thiocarbonyl (C=S) groups is 1. The summed E-state index contributed by atoms with van der Waals surface area (Å²) in [5.74, 6) is -0.0840. The molecule has 0 radical (unpaired) electrons. The van der Waals surface area contributed by atoms with E-state index in [4.69, 9.17) is 18.0 Å². The second kappa shape index (κ2) is 6.58. The van der Waals surface area contributed by atoms with Crippen LogP contribution in [0, 0.1) is 0 Å². The Morgan fingerprint density at radius 2 is 1.86 bits per heavy atom. The molecule has 2 aliphatic heterocycles. The predicted octanol–water partition coefficient (Wildman–Crippen LogP) is -0.227. The van der Waals surface area contributed by atoms with Crippen molar-refractivity contribution in [1.29, 1.82) is 0 Å².